The first-order chi connectivity index (χ1) is 14.6. The minimum Gasteiger partial charge on any atom is -0.454 e. The van der Waals surface area contributed by atoms with E-state index < -0.39 is 34.5 Å². The molecule has 0 spiro atoms. The minimum atomic E-state index is -3.87. The summed E-state index contributed by atoms with van der Waals surface area (Å²) in [5.41, 5.74) is 3.93. The molecule has 1 fully saturated rings. The number of aryl methyl sites for hydroxylation is 4. The fraction of sp³-hybridized carbons (Fsp3) is 0.391. The van der Waals surface area contributed by atoms with Crippen LogP contribution in [0.5, 0.6) is 0 Å². The van der Waals surface area contributed by atoms with E-state index in [0.29, 0.717) is 29.7 Å². The van der Waals surface area contributed by atoms with Gasteiger partial charge in [0.15, 0.2) is 6.61 Å². The summed E-state index contributed by atoms with van der Waals surface area (Å²) in [7, 11) is -3.87. The highest BCUT2D eigenvalue weighted by molar-refractivity contribution is 7.89. The quantitative estimate of drug-likeness (QED) is 0.691. The van der Waals surface area contributed by atoms with Crippen LogP contribution in [-0.2, 0) is 24.3 Å². The molecule has 0 radical (unpaired) electrons. The van der Waals surface area contributed by atoms with Gasteiger partial charge in [-0.1, -0.05) is 35.4 Å². The van der Waals surface area contributed by atoms with E-state index in [0.717, 1.165) is 11.1 Å². The molecule has 0 bridgehead atoms. The molecule has 2 aromatic rings. The Morgan fingerprint density at radius 1 is 1.03 bits per heavy atom. The molecule has 1 atom stereocenters. The van der Waals surface area contributed by atoms with Gasteiger partial charge in [0.1, 0.15) is 6.04 Å². The van der Waals surface area contributed by atoms with Gasteiger partial charge in [-0.15, -0.1) is 0 Å². The van der Waals surface area contributed by atoms with Crippen molar-refractivity contribution < 1.29 is 22.7 Å². The maximum absolute atomic E-state index is 13.3. The Balaban J connectivity index is 1.69. The van der Waals surface area contributed by atoms with Crippen LogP contribution in [0.4, 0.5) is 5.69 Å². The number of nitrogens with zero attached hydrogens (tertiary/aromatic N) is 1. The molecule has 0 saturated carbocycles. The van der Waals surface area contributed by atoms with Crippen LogP contribution in [0, 0.1) is 27.7 Å². The van der Waals surface area contributed by atoms with Crippen LogP contribution in [0.15, 0.2) is 41.3 Å². The van der Waals surface area contributed by atoms with Crippen LogP contribution >= 0.6 is 0 Å². The first-order valence-electron chi connectivity index (χ1n) is 10.2. The lowest BCUT2D eigenvalue weighted by Gasteiger charge is -2.24. The van der Waals surface area contributed by atoms with E-state index in [1.54, 1.807) is 26.0 Å². The highest BCUT2D eigenvalue weighted by atomic mass is 32.2. The zero-order valence-electron chi connectivity index (χ0n) is 18.3. The average molecular weight is 445 g/mol. The topological polar surface area (TPSA) is 92.8 Å². The maximum atomic E-state index is 13.3. The Kier molecular flexibility index (Phi) is 6.81. The summed E-state index contributed by atoms with van der Waals surface area (Å²) in [6.07, 6.45) is 0.917. The second kappa shape index (κ2) is 9.20. The molecule has 2 aromatic carbocycles. The van der Waals surface area contributed by atoms with Gasteiger partial charge in [-0.3, -0.25) is 9.59 Å². The van der Waals surface area contributed by atoms with E-state index in [-0.39, 0.29) is 11.4 Å². The Hall–Kier alpha value is -2.71. The predicted molar refractivity (Wildman–Crippen MR) is 118 cm³/mol. The molecule has 1 aliphatic rings. The van der Waals surface area contributed by atoms with Gasteiger partial charge >= 0.3 is 5.97 Å². The second-order valence-electron chi connectivity index (χ2n) is 8.02. The van der Waals surface area contributed by atoms with Crippen LogP contribution in [-0.4, -0.2) is 43.8 Å². The van der Waals surface area contributed by atoms with Crippen molar-refractivity contribution in [1.29, 1.82) is 0 Å². The monoisotopic (exact) mass is 444 g/mol. The molecule has 1 unspecified atom stereocenters. The van der Waals surface area contributed by atoms with Crippen LogP contribution in [0.25, 0.3) is 0 Å². The SMILES string of the molecule is Cc1ccc(NC(=O)COC(=O)C2CCCN2S(=O)(=O)c2c(C)cc(C)cc2C)cc1. The van der Waals surface area contributed by atoms with E-state index >= 15 is 0 Å². The van der Waals surface area contributed by atoms with Crippen molar-refractivity contribution >= 4 is 27.6 Å². The first kappa shape index (κ1) is 23.0. The number of benzene rings is 2. The number of rotatable bonds is 6. The van der Waals surface area contributed by atoms with Gasteiger partial charge in [0.25, 0.3) is 5.91 Å². The summed E-state index contributed by atoms with van der Waals surface area (Å²) in [4.78, 5) is 25.0. The first-order valence-corrected chi connectivity index (χ1v) is 11.7. The summed E-state index contributed by atoms with van der Waals surface area (Å²) < 4.78 is 33.1. The average Bonchev–Trinajstić information content (AvgIpc) is 3.18. The predicted octanol–water partition coefficient (Wildman–Crippen LogP) is 3.26. The van der Waals surface area contributed by atoms with E-state index in [1.165, 1.54) is 4.31 Å². The highest BCUT2D eigenvalue weighted by Crippen LogP contribution is 2.31. The molecule has 1 saturated heterocycles. The van der Waals surface area contributed by atoms with Crippen LogP contribution in [0.2, 0.25) is 0 Å². The summed E-state index contributed by atoms with van der Waals surface area (Å²) in [5, 5.41) is 2.65. The van der Waals surface area contributed by atoms with Gasteiger partial charge in [-0.2, -0.15) is 4.31 Å². The van der Waals surface area contributed by atoms with Gasteiger partial charge < -0.3 is 10.1 Å². The Bertz CT molecular complexity index is 1070. The van der Waals surface area contributed by atoms with Crippen molar-refractivity contribution in [3.63, 3.8) is 0 Å². The Morgan fingerprint density at radius 3 is 2.26 bits per heavy atom. The Labute approximate surface area is 183 Å². The molecular formula is C23H28N2O5S. The third kappa shape index (κ3) is 5.14. The van der Waals surface area contributed by atoms with Crippen LogP contribution in [0.3, 0.4) is 0 Å². The molecule has 1 heterocycles. The molecule has 166 valence electrons. The van der Waals surface area contributed by atoms with Crippen molar-refractivity contribution in [2.45, 2.75) is 51.5 Å². The Morgan fingerprint density at radius 2 is 1.65 bits per heavy atom. The number of carbonyl (C=O) groups excluding carboxylic acids is 2. The summed E-state index contributed by atoms with van der Waals surface area (Å²) in [6.45, 7) is 7.13. The zero-order valence-corrected chi connectivity index (χ0v) is 19.1. The van der Waals surface area contributed by atoms with Crippen molar-refractivity contribution in [3.05, 3.63) is 58.7 Å². The molecule has 0 aromatic heterocycles. The third-order valence-corrected chi connectivity index (χ3v) is 7.54. The number of sulfonamides is 1. The molecule has 0 aliphatic carbocycles. The molecule has 8 heteroatoms. The molecule has 3 rings (SSSR count). The molecule has 1 amide bonds. The number of ether oxygens (including phenoxy) is 1. The lowest BCUT2D eigenvalue weighted by atomic mass is 10.1. The van der Waals surface area contributed by atoms with Crippen LogP contribution < -0.4 is 5.32 Å². The van der Waals surface area contributed by atoms with Crippen molar-refractivity contribution in [2.75, 3.05) is 18.5 Å². The summed E-state index contributed by atoms with van der Waals surface area (Å²) >= 11 is 0. The van der Waals surface area contributed by atoms with Crippen molar-refractivity contribution in [2.24, 2.45) is 0 Å². The standard InChI is InChI=1S/C23H28N2O5S/c1-15-7-9-19(10-8-15)24-21(26)14-30-23(27)20-6-5-11-25(20)31(28,29)22-17(3)12-16(2)13-18(22)4/h7-10,12-13,20H,5-6,11,14H2,1-4H3,(H,24,26). The smallest absolute Gasteiger partial charge is 0.324 e. The largest absolute Gasteiger partial charge is 0.454 e. The molecule has 7 nitrogen and oxygen atoms in total. The van der Waals surface area contributed by atoms with Gasteiger partial charge in [-0.05, 0) is 63.8 Å². The van der Waals surface area contributed by atoms with Crippen molar-refractivity contribution in [1.82, 2.24) is 4.31 Å². The normalized spacial score (nSPS) is 16.8. The fourth-order valence-electron chi connectivity index (χ4n) is 4.02. The van der Waals surface area contributed by atoms with E-state index in [2.05, 4.69) is 5.32 Å². The number of esters is 1. The van der Waals surface area contributed by atoms with E-state index in [1.807, 2.05) is 38.1 Å². The molecule has 1 aliphatic heterocycles. The van der Waals surface area contributed by atoms with Crippen LogP contribution in [0.1, 0.15) is 35.1 Å². The number of hydrogen-bond donors (Lipinski definition) is 1. The minimum absolute atomic E-state index is 0.231. The van der Waals surface area contributed by atoms with Gasteiger partial charge in [-0.25, -0.2) is 8.42 Å². The third-order valence-electron chi connectivity index (χ3n) is 5.33. The summed E-state index contributed by atoms with van der Waals surface area (Å²) in [5.74, 6) is -1.18. The second-order valence-corrected chi connectivity index (χ2v) is 9.85. The van der Waals surface area contributed by atoms with Gasteiger partial charge in [0.2, 0.25) is 10.0 Å². The zero-order chi connectivity index (χ0) is 22.8. The number of hydrogen-bond acceptors (Lipinski definition) is 5. The van der Waals surface area contributed by atoms with E-state index in [4.69, 9.17) is 4.74 Å². The number of carbonyl (C=O) groups is 2. The fourth-order valence-corrected chi connectivity index (χ4v) is 6.08. The van der Waals surface area contributed by atoms with Gasteiger partial charge in [0, 0.05) is 12.2 Å². The van der Waals surface area contributed by atoms with Gasteiger partial charge in [0.05, 0.1) is 4.90 Å². The lowest BCUT2D eigenvalue weighted by Crippen LogP contribution is -2.42. The molecular weight excluding hydrogens is 416 g/mol. The maximum Gasteiger partial charge on any atom is 0.324 e. The summed E-state index contributed by atoms with van der Waals surface area (Å²) in [6, 6.07) is 9.93. The number of amides is 1. The molecule has 31 heavy (non-hydrogen) atoms. The van der Waals surface area contributed by atoms with Crippen molar-refractivity contribution in [3.8, 4) is 0 Å². The number of anilines is 1. The highest BCUT2D eigenvalue weighted by Gasteiger charge is 2.41. The number of nitrogens with one attached hydrogen (secondary N) is 1. The molecule has 1 N–H and O–H groups in total. The van der Waals surface area contributed by atoms with E-state index in [9.17, 15) is 18.0 Å². The lowest BCUT2D eigenvalue weighted by molar-refractivity contribution is -0.150.